The number of thiophene rings is 1. The molecule has 0 atom stereocenters. The van der Waals surface area contributed by atoms with Crippen LogP contribution in [0.25, 0.3) is 97.0 Å². The number of rotatable bonds is 4. The van der Waals surface area contributed by atoms with Crippen molar-refractivity contribution in [3.05, 3.63) is 170 Å². The van der Waals surface area contributed by atoms with Gasteiger partial charge in [0.25, 0.3) is 0 Å². The summed E-state index contributed by atoms with van der Waals surface area (Å²) in [7, 11) is 0. The summed E-state index contributed by atoms with van der Waals surface area (Å²) in [5.74, 6) is 0. The highest BCUT2D eigenvalue weighted by atomic mass is 32.1. The lowest BCUT2D eigenvalue weighted by atomic mass is 9.87. The van der Waals surface area contributed by atoms with E-state index in [4.69, 9.17) is 0 Å². The van der Waals surface area contributed by atoms with Crippen LogP contribution in [0.2, 0.25) is 0 Å². The summed E-state index contributed by atoms with van der Waals surface area (Å²) < 4.78 is 2.66. The second-order valence-electron chi connectivity index (χ2n) is 12.5. The van der Waals surface area contributed by atoms with E-state index in [0.29, 0.717) is 0 Å². The molecule has 1 aromatic heterocycles. The van der Waals surface area contributed by atoms with Crippen LogP contribution in [0.3, 0.4) is 0 Å². The minimum absolute atomic E-state index is 1.24. The lowest BCUT2D eigenvalue weighted by Crippen LogP contribution is -1.89. The van der Waals surface area contributed by atoms with Crippen LogP contribution in [0.1, 0.15) is 0 Å². The molecule has 0 saturated heterocycles. The van der Waals surface area contributed by atoms with Gasteiger partial charge in [-0.1, -0.05) is 152 Å². The molecule has 0 radical (unpaired) electrons. The smallest absolute Gasteiger partial charge is 0.0361 e. The summed E-state index contributed by atoms with van der Waals surface area (Å²) in [4.78, 5) is 0. The van der Waals surface area contributed by atoms with Gasteiger partial charge in [0.05, 0.1) is 0 Å². The van der Waals surface area contributed by atoms with E-state index in [1.165, 1.54) is 97.0 Å². The minimum Gasteiger partial charge on any atom is -0.135 e. The second-order valence-corrected chi connectivity index (χ2v) is 13.6. The van der Waals surface area contributed by atoms with Crippen molar-refractivity contribution in [2.75, 3.05) is 0 Å². The summed E-state index contributed by atoms with van der Waals surface area (Å²) in [5, 5.41) is 10.5. The van der Waals surface area contributed by atoms with E-state index in [2.05, 4.69) is 170 Å². The molecule has 0 saturated carbocycles. The molecule has 1 heterocycles. The number of fused-ring (bicyclic) bond motifs is 3. The average molecular weight is 613 g/mol. The Kier molecular flexibility index (Phi) is 5.85. The Morgan fingerprint density at radius 2 is 0.702 bits per heavy atom. The summed E-state index contributed by atoms with van der Waals surface area (Å²) in [6.45, 7) is 0. The maximum Gasteiger partial charge on any atom is 0.0361 e. The molecule has 47 heavy (non-hydrogen) atoms. The van der Waals surface area contributed by atoms with Gasteiger partial charge in [-0.25, -0.2) is 0 Å². The first kappa shape index (κ1) is 26.5. The molecule has 0 aliphatic carbocycles. The molecule has 0 bridgehead atoms. The third-order valence-corrected chi connectivity index (χ3v) is 11.0. The topological polar surface area (TPSA) is 0 Å². The van der Waals surface area contributed by atoms with Gasteiger partial charge in [-0.3, -0.25) is 0 Å². The standard InChI is InChI=1S/C46H28S/c1-3-8-29(9-4-1)33-12-7-13-35(26-33)37-20-14-31-17-25-42-38(21-15-32-16-24-41(37)45(31)46(32)42)36-19-23-40-39-22-18-34(30-10-5-2-6-11-30)27-43(39)47-44(40)28-36/h1-28H. The van der Waals surface area contributed by atoms with Crippen molar-refractivity contribution in [3.63, 3.8) is 0 Å². The van der Waals surface area contributed by atoms with Gasteiger partial charge in [0.1, 0.15) is 0 Å². The predicted molar refractivity (Wildman–Crippen MR) is 205 cm³/mol. The Labute approximate surface area is 277 Å². The van der Waals surface area contributed by atoms with E-state index in [-0.39, 0.29) is 0 Å². The zero-order chi connectivity index (χ0) is 30.9. The Bertz CT molecular complexity index is 2770. The summed E-state index contributed by atoms with van der Waals surface area (Å²) in [6, 6.07) is 62.7. The molecule has 10 rings (SSSR count). The van der Waals surface area contributed by atoms with Gasteiger partial charge in [-0.05, 0) is 95.0 Å². The Morgan fingerprint density at radius 1 is 0.277 bits per heavy atom. The zero-order valence-electron chi connectivity index (χ0n) is 25.6. The molecule has 218 valence electrons. The van der Waals surface area contributed by atoms with E-state index in [9.17, 15) is 0 Å². The third kappa shape index (κ3) is 4.21. The van der Waals surface area contributed by atoms with Crippen LogP contribution in [0.5, 0.6) is 0 Å². The van der Waals surface area contributed by atoms with E-state index in [1.54, 1.807) is 0 Å². The van der Waals surface area contributed by atoms with Crippen molar-refractivity contribution in [3.8, 4) is 44.5 Å². The van der Waals surface area contributed by atoms with Gasteiger partial charge < -0.3 is 0 Å². The van der Waals surface area contributed by atoms with Crippen molar-refractivity contribution < 1.29 is 0 Å². The molecule has 0 spiro atoms. The van der Waals surface area contributed by atoms with Gasteiger partial charge in [-0.15, -0.1) is 11.3 Å². The lowest BCUT2D eigenvalue weighted by molar-refractivity contribution is 1.61. The van der Waals surface area contributed by atoms with Crippen LogP contribution in [0, 0.1) is 0 Å². The van der Waals surface area contributed by atoms with Crippen LogP contribution in [-0.4, -0.2) is 0 Å². The largest absolute Gasteiger partial charge is 0.135 e. The molecule has 10 aromatic rings. The molecule has 0 fully saturated rings. The fourth-order valence-corrected chi connectivity index (χ4v) is 8.74. The highest BCUT2D eigenvalue weighted by Crippen LogP contribution is 2.44. The van der Waals surface area contributed by atoms with Crippen molar-refractivity contribution in [2.45, 2.75) is 0 Å². The fourth-order valence-electron chi connectivity index (χ4n) is 7.56. The fraction of sp³-hybridized carbons (Fsp3) is 0. The number of hydrogen-bond acceptors (Lipinski definition) is 1. The molecule has 1 heteroatoms. The summed E-state index contributed by atoms with van der Waals surface area (Å²) in [5.41, 5.74) is 10.1. The zero-order valence-corrected chi connectivity index (χ0v) is 26.4. The summed E-state index contributed by atoms with van der Waals surface area (Å²) >= 11 is 1.89. The van der Waals surface area contributed by atoms with Crippen molar-refractivity contribution in [1.82, 2.24) is 0 Å². The highest BCUT2D eigenvalue weighted by molar-refractivity contribution is 7.25. The lowest BCUT2D eigenvalue weighted by Gasteiger charge is -2.17. The SMILES string of the molecule is c1ccc(-c2cccc(-c3ccc4ccc5c(-c6ccc7c(c6)sc6cc(-c8ccccc8)ccc67)ccc6ccc3c4c65)c2)cc1. The van der Waals surface area contributed by atoms with Gasteiger partial charge in [0.2, 0.25) is 0 Å². The molecule has 0 aliphatic rings. The normalized spacial score (nSPS) is 11.8. The first-order valence-corrected chi connectivity index (χ1v) is 17.0. The maximum absolute atomic E-state index is 2.40. The van der Waals surface area contributed by atoms with Crippen LogP contribution < -0.4 is 0 Å². The van der Waals surface area contributed by atoms with Crippen LogP contribution in [-0.2, 0) is 0 Å². The first-order valence-electron chi connectivity index (χ1n) is 16.2. The molecular weight excluding hydrogens is 585 g/mol. The van der Waals surface area contributed by atoms with E-state index < -0.39 is 0 Å². The van der Waals surface area contributed by atoms with Gasteiger partial charge in [0.15, 0.2) is 0 Å². The van der Waals surface area contributed by atoms with Crippen molar-refractivity contribution >= 4 is 63.8 Å². The Hall–Kier alpha value is -5.76. The quantitative estimate of drug-likeness (QED) is 0.173. The molecule has 0 unspecified atom stereocenters. The van der Waals surface area contributed by atoms with E-state index in [1.807, 2.05) is 11.3 Å². The van der Waals surface area contributed by atoms with Crippen molar-refractivity contribution in [2.24, 2.45) is 0 Å². The van der Waals surface area contributed by atoms with Crippen LogP contribution in [0.4, 0.5) is 0 Å². The number of hydrogen-bond donors (Lipinski definition) is 0. The molecule has 0 amide bonds. The predicted octanol–water partition coefficient (Wildman–Crippen LogP) is 13.6. The maximum atomic E-state index is 2.40. The summed E-state index contributed by atoms with van der Waals surface area (Å²) in [6.07, 6.45) is 0. The molecule has 0 N–H and O–H groups in total. The highest BCUT2D eigenvalue weighted by Gasteiger charge is 2.16. The van der Waals surface area contributed by atoms with Crippen molar-refractivity contribution in [1.29, 1.82) is 0 Å². The van der Waals surface area contributed by atoms with Gasteiger partial charge >= 0.3 is 0 Å². The van der Waals surface area contributed by atoms with Gasteiger partial charge in [-0.2, -0.15) is 0 Å². The minimum atomic E-state index is 1.24. The molecule has 0 nitrogen and oxygen atoms in total. The molecular formula is C46H28S. The van der Waals surface area contributed by atoms with E-state index in [0.717, 1.165) is 0 Å². The molecule has 0 aliphatic heterocycles. The van der Waals surface area contributed by atoms with Crippen LogP contribution >= 0.6 is 11.3 Å². The van der Waals surface area contributed by atoms with E-state index >= 15 is 0 Å². The number of benzene rings is 9. The van der Waals surface area contributed by atoms with Gasteiger partial charge in [0, 0.05) is 20.2 Å². The third-order valence-electron chi connectivity index (χ3n) is 9.84. The second kappa shape index (κ2) is 10.4. The first-order chi connectivity index (χ1) is 23.3. The van der Waals surface area contributed by atoms with Crippen LogP contribution in [0.15, 0.2) is 170 Å². The Morgan fingerprint density at radius 3 is 1.30 bits per heavy atom. The monoisotopic (exact) mass is 612 g/mol. The Balaban J connectivity index is 1.13. The molecule has 9 aromatic carbocycles. The average Bonchev–Trinajstić information content (AvgIpc) is 3.51.